The first-order valence-electron chi connectivity index (χ1n) is 5.45. The number of carbonyl (C=O) groups is 2. The van der Waals surface area contributed by atoms with E-state index in [2.05, 4.69) is 5.32 Å². The van der Waals surface area contributed by atoms with Gasteiger partial charge in [0, 0.05) is 6.61 Å². The molecular formula is C12H14ClNO4. The van der Waals surface area contributed by atoms with Gasteiger partial charge in [-0.2, -0.15) is 0 Å². The number of amides is 1. The van der Waals surface area contributed by atoms with Gasteiger partial charge in [0.1, 0.15) is 6.61 Å². The largest absolute Gasteiger partial charge is 0.478 e. The number of benzene rings is 1. The summed E-state index contributed by atoms with van der Waals surface area (Å²) in [7, 11) is 0. The first kappa shape index (κ1) is 14.5. The maximum absolute atomic E-state index is 11.5. The van der Waals surface area contributed by atoms with E-state index in [9.17, 15) is 9.59 Å². The molecule has 0 aromatic heterocycles. The number of anilines is 1. The molecule has 0 aliphatic heterocycles. The standard InChI is InChI=1S/C12H14ClNO4/c1-2-5-18-7-11(15)14-10-6-8(12(16)17)3-4-9(10)13/h3-4,6H,2,5,7H2,1H3,(H,14,15)(H,16,17). The minimum Gasteiger partial charge on any atom is -0.478 e. The summed E-state index contributed by atoms with van der Waals surface area (Å²) in [6.07, 6.45) is 0.822. The highest BCUT2D eigenvalue weighted by Gasteiger charge is 2.10. The zero-order valence-electron chi connectivity index (χ0n) is 9.90. The molecule has 5 nitrogen and oxygen atoms in total. The van der Waals surface area contributed by atoms with E-state index in [0.717, 1.165) is 6.42 Å². The number of halogens is 1. The second-order valence-electron chi connectivity index (χ2n) is 3.60. The highest BCUT2D eigenvalue weighted by atomic mass is 35.5. The van der Waals surface area contributed by atoms with Gasteiger partial charge in [-0.1, -0.05) is 18.5 Å². The molecule has 0 bridgehead atoms. The molecule has 0 aliphatic carbocycles. The fraction of sp³-hybridized carbons (Fsp3) is 0.333. The Balaban J connectivity index is 2.68. The third-order valence-corrected chi connectivity index (χ3v) is 2.40. The van der Waals surface area contributed by atoms with Crippen LogP contribution in [0.15, 0.2) is 18.2 Å². The predicted octanol–water partition coefficient (Wildman–Crippen LogP) is 2.40. The van der Waals surface area contributed by atoms with Crippen LogP contribution >= 0.6 is 11.6 Å². The van der Waals surface area contributed by atoms with E-state index in [0.29, 0.717) is 6.61 Å². The first-order chi connectivity index (χ1) is 8.54. The van der Waals surface area contributed by atoms with Gasteiger partial charge in [-0.05, 0) is 24.6 Å². The molecule has 0 unspecified atom stereocenters. The molecule has 6 heteroatoms. The topological polar surface area (TPSA) is 75.6 Å². The van der Waals surface area contributed by atoms with Crippen molar-refractivity contribution in [1.82, 2.24) is 0 Å². The predicted molar refractivity (Wildman–Crippen MR) is 68.2 cm³/mol. The van der Waals surface area contributed by atoms with Crippen molar-refractivity contribution in [3.63, 3.8) is 0 Å². The van der Waals surface area contributed by atoms with E-state index < -0.39 is 5.97 Å². The van der Waals surface area contributed by atoms with Crippen LogP contribution in [0.5, 0.6) is 0 Å². The average molecular weight is 272 g/mol. The lowest BCUT2D eigenvalue weighted by atomic mass is 10.2. The van der Waals surface area contributed by atoms with Crippen molar-refractivity contribution in [2.45, 2.75) is 13.3 Å². The normalized spacial score (nSPS) is 10.1. The maximum Gasteiger partial charge on any atom is 0.335 e. The molecule has 1 amide bonds. The minimum atomic E-state index is -1.08. The van der Waals surface area contributed by atoms with Gasteiger partial charge in [0.15, 0.2) is 0 Å². The molecule has 0 aliphatic rings. The molecule has 1 aromatic carbocycles. The van der Waals surface area contributed by atoms with Crippen molar-refractivity contribution in [3.05, 3.63) is 28.8 Å². The molecule has 0 radical (unpaired) electrons. The quantitative estimate of drug-likeness (QED) is 0.779. The molecular weight excluding hydrogens is 258 g/mol. The fourth-order valence-corrected chi connectivity index (χ4v) is 1.41. The Morgan fingerprint density at radius 1 is 1.44 bits per heavy atom. The summed E-state index contributed by atoms with van der Waals surface area (Å²) in [6, 6.07) is 4.10. The number of rotatable bonds is 6. The van der Waals surface area contributed by atoms with Gasteiger partial charge in [0.05, 0.1) is 16.3 Å². The van der Waals surface area contributed by atoms with Gasteiger partial charge in [-0.15, -0.1) is 0 Å². The molecule has 0 saturated heterocycles. The van der Waals surface area contributed by atoms with Crippen LogP contribution in [-0.4, -0.2) is 30.2 Å². The minimum absolute atomic E-state index is 0.0594. The van der Waals surface area contributed by atoms with Gasteiger partial charge < -0.3 is 15.2 Å². The lowest BCUT2D eigenvalue weighted by Crippen LogP contribution is -2.19. The molecule has 0 fully saturated rings. The number of aromatic carboxylic acids is 1. The van der Waals surface area contributed by atoms with E-state index >= 15 is 0 Å². The van der Waals surface area contributed by atoms with Crippen LogP contribution in [0.2, 0.25) is 5.02 Å². The summed E-state index contributed by atoms with van der Waals surface area (Å²) in [5, 5.41) is 11.6. The Bertz CT molecular complexity index is 448. The van der Waals surface area contributed by atoms with Crippen LogP contribution in [0.25, 0.3) is 0 Å². The first-order valence-corrected chi connectivity index (χ1v) is 5.82. The van der Waals surface area contributed by atoms with Crippen LogP contribution in [0, 0.1) is 0 Å². The average Bonchev–Trinajstić information content (AvgIpc) is 2.32. The van der Waals surface area contributed by atoms with E-state index in [1.807, 2.05) is 6.92 Å². The van der Waals surface area contributed by atoms with Crippen LogP contribution in [-0.2, 0) is 9.53 Å². The number of carboxylic acid groups (broad SMARTS) is 1. The number of hydrogen-bond acceptors (Lipinski definition) is 3. The number of nitrogens with one attached hydrogen (secondary N) is 1. The van der Waals surface area contributed by atoms with Crippen molar-refractivity contribution in [2.75, 3.05) is 18.5 Å². The zero-order valence-corrected chi connectivity index (χ0v) is 10.7. The highest BCUT2D eigenvalue weighted by Crippen LogP contribution is 2.23. The molecule has 0 atom stereocenters. The van der Waals surface area contributed by atoms with Crippen molar-refractivity contribution in [1.29, 1.82) is 0 Å². The fourth-order valence-electron chi connectivity index (χ4n) is 1.25. The third-order valence-electron chi connectivity index (χ3n) is 2.07. The Hall–Kier alpha value is -1.59. The van der Waals surface area contributed by atoms with Gasteiger partial charge in [-0.3, -0.25) is 4.79 Å². The Labute approximate surface area is 110 Å². The summed E-state index contributed by atoms with van der Waals surface area (Å²) < 4.78 is 5.06. The molecule has 0 heterocycles. The summed E-state index contributed by atoms with van der Waals surface area (Å²) in [5.74, 6) is -1.45. The second kappa shape index (κ2) is 6.98. The van der Waals surface area contributed by atoms with Crippen molar-refractivity contribution >= 4 is 29.2 Å². The third kappa shape index (κ3) is 4.35. The number of hydrogen-bond donors (Lipinski definition) is 2. The summed E-state index contributed by atoms with van der Waals surface area (Å²) in [4.78, 5) is 22.3. The number of ether oxygens (including phenoxy) is 1. The molecule has 18 heavy (non-hydrogen) atoms. The SMILES string of the molecule is CCCOCC(=O)Nc1cc(C(=O)O)ccc1Cl. The van der Waals surface area contributed by atoms with E-state index in [1.165, 1.54) is 18.2 Å². The van der Waals surface area contributed by atoms with E-state index in [-0.39, 0.29) is 28.8 Å². The van der Waals surface area contributed by atoms with Crippen molar-refractivity contribution in [3.8, 4) is 0 Å². The summed E-state index contributed by atoms with van der Waals surface area (Å²) in [5.41, 5.74) is 0.325. The Kier molecular flexibility index (Phi) is 5.61. The number of carbonyl (C=O) groups excluding carboxylic acids is 1. The Morgan fingerprint density at radius 2 is 2.17 bits per heavy atom. The van der Waals surface area contributed by atoms with Crippen molar-refractivity contribution in [2.24, 2.45) is 0 Å². The van der Waals surface area contributed by atoms with E-state index in [4.69, 9.17) is 21.4 Å². The molecule has 0 saturated carbocycles. The second-order valence-corrected chi connectivity index (χ2v) is 4.01. The van der Waals surface area contributed by atoms with Crippen molar-refractivity contribution < 1.29 is 19.4 Å². The summed E-state index contributed by atoms with van der Waals surface area (Å²) in [6.45, 7) is 2.35. The molecule has 1 aromatic rings. The lowest BCUT2D eigenvalue weighted by Gasteiger charge is -2.08. The monoisotopic (exact) mass is 271 g/mol. The lowest BCUT2D eigenvalue weighted by molar-refractivity contribution is -0.120. The summed E-state index contributed by atoms with van der Waals surface area (Å²) >= 11 is 5.86. The number of carboxylic acids is 1. The smallest absolute Gasteiger partial charge is 0.335 e. The van der Waals surface area contributed by atoms with Crippen LogP contribution in [0.4, 0.5) is 5.69 Å². The van der Waals surface area contributed by atoms with Crippen LogP contribution in [0.1, 0.15) is 23.7 Å². The van der Waals surface area contributed by atoms with Gasteiger partial charge in [0.2, 0.25) is 5.91 Å². The molecule has 0 spiro atoms. The van der Waals surface area contributed by atoms with Gasteiger partial charge >= 0.3 is 5.97 Å². The zero-order chi connectivity index (χ0) is 13.5. The van der Waals surface area contributed by atoms with Gasteiger partial charge in [0.25, 0.3) is 0 Å². The van der Waals surface area contributed by atoms with Crippen LogP contribution < -0.4 is 5.32 Å². The van der Waals surface area contributed by atoms with E-state index in [1.54, 1.807) is 0 Å². The highest BCUT2D eigenvalue weighted by molar-refractivity contribution is 6.33. The Morgan fingerprint density at radius 3 is 2.78 bits per heavy atom. The van der Waals surface area contributed by atoms with Crippen LogP contribution in [0.3, 0.4) is 0 Å². The molecule has 2 N–H and O–H groups in total. The molecule has 1 rings (SSSR count). The maximum atomic E-state index is 11.5. The molecule has 98 valence electrons. The van der Waals surface area contributed by atoms with Gasteiger partial charge in [-0.25, -0.2) is 4.79 Å².